The van der Waals surface area contributed by atoms with Crippen LogP contribution in [-0.4, -0.2) is 35.4 Å². The number of nitrogens with zero attached hydrogens (tertiary/aromatic N) is 2. The number of hydrogen-bond donors (Lipinski definition) is 1. The Bertz CT molecular complexity index is 459. The quantitative estimate of drug-likeness (QED) is 0.813. The van der Waals surface area contributed by atoms with E-state index in [1.54, 1.807) is 14.0 Å². The van der Waals surface area contributed by atoms with Crippen LogP contribution in [0.25, 0.3) is 0 Å². The molecule has 0 fully saturated rings. The summed E-state index contributed by atoms with van der Waals surface area (Å²) in [6.07, 6.45) is -2.24. The molecule has 0 aliphatic heterocycles. The predicted octanol–water partition coefficient (Wildman–Crippen LogP) is 1.83. The standard InChI is InChI=1S/C12H18F3N3O2/c1-11(16-2,10(19)20-3)6-4-7-18-8-5-9(17-18)12(13,14)15/h5,8,16H,4,6-7H2,1-3H3. The van der Waals surface area contributed by atoms with Gasteiger partial charge < -0.3 is 10.1 Å². The topological polar surface area (TPSA) is 56.2 Å². The summed E-state index contributed by atoms with van der Waals surface area (Å²) < 4.78 is 43.0. The maximum atomic E-state index is 12.4. The minimum Gasteiger partial charge on any atom is -0.468 e. The highest BCUT2D eigenvalue weighted by Gasteiger charge is 2.34. The molecule has 1 rings (SSSR count). The zero-order valence-corrected chi connectivity index (χ0v) is 11.6. The van der Waals surface area contributed by atoms with Crippen LogP contribution in [0.2, 0.25) is 0 Å². The molecule has 0 radical (unpaired) electrons. The summed E-state index contributed by atoms with van der Waals surface area (Å²) in [6, 6.07) is 0.928. The molecule has 8 heteroatoms. The predicted molar refractivity (Wildman–Crippen MR) is 65.9 cm³/mol. The summed E-state index contributed by atoms with van der Waals surface area (Å²) in [5, 5.41) is 6.31. The monoisotopic (exact) mass is 293 g/mol. The van der Waals surface area contributed by atoms with Gasteiger partial charge in [-0.1, -0.05) is 0 Å². The van der Waals surface area contributed by atoms with E-state index in [1.807, 2.05) is 0 Å². The van der Waals surface area contributed by atoms with Crippen LogP contribution in [0.15, 0.2) is 12.3 Å². The van der Waals surface area contributed by atoms with Gasteiger partial charge in [-0.15, -0.1) is 0 Å². The van der Waals surface area contributed by atoms with E-state index in [0.29, 0.717) is 19.4 Å². The van der Waals surface area contributed by atoms with Crippen LogP contribution >= 0.6 is 0 Å². The van der Waals surface area contributed by atoms with Crippen molar-refractivity contribution in [1.82, 2.24) is 15.1 Å². The van der Waals surface area contributed by atoms with E-state index in [9.17, 15) is 18.0 Å². The molecule has 0 saturated heterocycles. The molecule has 20 heavy (non-hydrogen) atoms. The SMILES string of the molecule is CNC(C)(CCCn1ccc(C(F)(F)F)n1)C(=O)OC. The molecule has 1 N–H and O–H groups in total. The highest BCUT2D eigenvalue weighted by atomic mass is 19.4. The zero-order chi connectivity index (χ0) is 15.4. The minimum atomic E-state index is -4.43. The fourth-order valence-corrected chi connectivity index (χ4v) is 1.79. The molecule has 0 spiro atoms. The number of esters is 1. The largest absolute Gasteiger partial charge is 0.468 e. The van der Waals surface area contributed by atoms with Gasteiger partial charge in [0.15, 0.2) is 5.69 Å². The molecule has 0 saturated carbocycles. The lowest BCUT2D eigenvalue weighted by molar-refractivity contribution is -0.148. The average molecular weight is 293 g/mol. The van der Waals surface area contributed by atoms with Crippen LogP contribution in [0.5, 0.6) is 0 Å². The normalized spacial score (nSPS) is 14.9. The molecular weight excluding hydrogens is 275 g/mol. The van der Waals surface area contributed by atoms with E-state index < -0.39 is 23.4 Å². The number of aromatic nitrogens is 2. The van der Waals surface area contributed by atoms with Gasteiger partial charge in [-0.25, -0.2) is 0 Å². The van der Waals surface area contributed by atoms with Crippen LogP contribution in [-0.2, 0) is 22.3 Å². The molecule has 1 aromatic heterocycles. The Kier molecular flexibility index (Phi) is 5.15. The first-order valence-electron chi connectivity index (χ1n) is 6.11. The van der Waals surface area contributed by atoms with Crippen LogP contribution < -0.4 is 5.32 Å². The smallest absolute Gasteiger partial charge is 0.435 e. The Labute approximate surface area is 115 Å². The summed E-state index contributed by atoms with van der Waals surface area (Å²) >= 11 is 0. The number of carbonyl (C=O) groups is 1. The van der Waals surface area contributed by atoms with Crippen molar-refractivity contribution in [2.24, 2.45) is 0 Å². The van der Waals surface area contributed by atoms with E-state index in [1.165, 1.54) is 18.0 Å². The van der Waals surface area contributed by atoms with Gasteiger partial charge in [-0.05, 0) is 32.9 Å². The van der Waals surface area contributed by atoms with Gasteiger partial charge in [0.1, 0.15) is 5.54 Å². The van der Waals surface area contributed by atoms with Crippen molar-refractivity contribution in [3.05, 3.63) is 18.0 Å². The van der Waals surface area contributed by atoms with Crippen LogP contribution in [0.1, 0.15) is 25.5 Å². The van der Waals surface area contributed by atoms with E-state index in [0.717, 1.165) is 6.07 Å². The van der Waals surface area contributed by atoms with Gasteiger partial charge in [-0.3, -0.25) is 9.48 Å². The molecule has 5 nitrogen and oxygen atoms in total. The highest BCUT2D eigenvalue weighted by molar-refractivity contribution is 5.80. The number of aryl methyl sites for hydroxylation is 1. The summed E-state index contributed by atoms with van der Waals surface area (Å²) in [4.78, 5) is 11.6. The van der Waals surface area contributed by atoms with E-state index in [4.69, 9.17) is 0 Å². The number of hydrogen-bond acceptors (Lipinski definition) is 4. The van der Waals surface area contributed by atoms with Crippen molar-refractivity contribution in [3.63, 3.8) is 0 Å². The fourth-order valence-electron chi connectivity index (χ4n) is 1.79. The fraction of sp³-hybridized carbons (Fsp3) is 0.667. The molecule has 0 aromatic carbocycles. The number of nitrogens with one attached hydrogen (secondary N) is 1. The lowest BCUT2D eigenvalue weighted by Crippen LogP contribution is -2.48. The number of rotatable bonds is 6. The Morgan fingerprint density at radius 2 is 2.15 bits per heavy atom. The zero-order valence-electron chi connectivity index (χ0n) is 11.6. The van der Waals surface area contributed by atoms with Gasteiger partial charge in [0.05, 0.1) is 7.11 Å². The van der Waals surface area contributed by atoms with Crippen molar-refractivity contribution in [3.8, 4) is 0 Å². The summed E-state index contributed by atoms with van der Waals surface area (Å²) in [5.74, 6) is -0.406. The second kappa shape index (κ2) is 6.25. The van der Waals surface area contributed by atoms with E-state index in [-0.39, 0.29) is 0 Å². The third-order valence-corrected chi connectivity index (χ3v) is 3.18. The molecule has 0 aliphatic rings. The van der Waals surface area contributed by atoms with Crippen molar-refractivity contribution in [1.29, 1.82) is 0 Å². The van der Waals surface area contributed by atoms with Gasteiger partial charge in [0.25, 0.3) is 0 Å². The third-order valence-electron chi connectivity index (χ3n) is 3.18. The summed E-state index contributed by atoms with van der Waals surface area (Å²) in [7, 11) is 2.92. The van der Waals surface area contributed by atoms with Gasteiger partial charge in [0.2, 0.25) is 0 Å². The molecule has 0 amide bonds. The number of ether oxygens (including phenoxy) is 1. The Morgan fingerprint density at radius 3 is 2.60 bits per heavy atom. The molecule has 1 aromatic rings. The van der Waals surface area contributed by atoms with Crippen molar-refractivity contribution in [2.75, 3.05) is 14.2 Å². The van der Waals surface area contributed by atoms with Gasteiger partial charge >= 0.3 is 12.1 Å². The minimum absolute atomic E-state index is 0.296. The van der Waals surface area contributed by atoms with E-state index >= 15 is 0 Å². The Hall–Kier alpha value is -1.57. The Balaban J connectivity index is 2.56. The second-order valence-electron chi connectivity index (χ2n) is 4.64. The first-order chi connectivity index (χ1) is 9.23. The number of halogens is 3. The van der Waals surface area contributed by atoms with Crippen molar-refractivity contribution in [2.45, 2.75) is 38.0 Å². The van der Waals surface area contributed by atoms with Gasteiger partial charge in [0, 0.05) is 12.7 Å². The van der Waals surface area contributed by atoms with Gasteiger partial charge in [-0.2, -0.15) is 18.3 Å². The second-order valence-corrected chi connectivity index (χ2v) is 4.64. The number of carbonyl (C=O) groups excluding carboxylic acids is 1. The number of alkyl halides is 3. The number of methoxy groups -OCH3 is 1. The molecule has 1 unspecified atom stereocenters. The lowest BCUT2D eigenvalue weighted by Gasteiger charge is -2.25. The first kappa shape index (κ1) is 16.5. The van der Waals surface area contributed by atoms with Crippen LogP contribution in [0.3, 0.4) is 0 Å². The van der Waals surface area contributed by atoms with Crippen LogP contribution in [0.4, 0.5) is 13.2 Å². The molecule has 0 bridgehead atoms. The molecule has 114 valence electrons. The van der Waals surface area contributed by atoms with Crippen molar-refractivity contribution >= 4 is 5.97 Å². The average Bonchev–Trinajstić information content (AvgIpc) is 2.86. The molecule has 1 atom stereocenters. The third kappa shape index (κ3) is 3.96. The molecule has 1 heterocycles. The van der Waals surface area contributed by atoms with Crippen molar-refractivity contribution < 1.29 is 22.7 Å². The van der Waals surface area contributed by atoms with E-state index in [2.05, 4.69) is 15.2 Å². The summed E-state index contributed by atoms with van der Waals surface area (Å²) in [5.41, 5.74) is -1.77. The lowest BCUT2D eigenvalue weighted by atomic mass is 9.96. The first-order valence-corrected chi connectivity index (χ1v) is 6.11. The maximum absolute atomic E-state index is 12.4. The Morgan fingerprint density at radius 1 is 1.50 bits per heavy atom. The molecular formula is C12H18F3N3O2. The summed E-state index contributed by atoms with van der Waals surface area (Å²) in [6.45, 7) is 1.98. The molecule has 0 aliphatic carbocycles. The highest BCUT2D eigenvalue weighted by Crippen LogP contribution is 2.27. The van der Waals surface area contributed by atoms with Crippen LogP contribution in [0, 0.1) is 0 Å². The maximum Gasteiger partial charge on any atom is 0.435 e. The number of likely N-dealkylation sites (N-methyl/N-ethyl adjacent to an activating group) is 1.